The number of carbonyl (C=O) groups excluding carboxylic acids is 1. The van der Waals surface area contributed by atoms with Crippen molar-refractivity contribution >= 4 is 68.0 Å². The Morgan fingerprint density at radius 2 is 1.78 bits per heavy atom. The number of hydrogen-bond donors (Lipinski definition) is 2. The number of sulfonamides is 1. The molecule has 190 valence electrons. The molecule has 0 saturated carbocycles. The van der Waals surface area contributed by atoms with Crippen molar-refractivity contribution in [2.75, 3.05) is 35.4 Å². The second kappa shape index (κ2) is 10.2. The van der Waals surface area contributed by atoms with Gasteiger partial charge in [-0.1, -0.05) is 35.3 Å². The van der Waals surface area contributed by atoms with Crippen LogP contribution in [-0.4, -0.2) is 44.9 Å². The smallest absolute Gasteiger partial charge is 0.328 e. The summed E-state index contributed by atoms with van der Waals surface area (Å²) in [5.74, 6) is 0.725. The van der Waals surface area contributed by atoms with Gasteiger partial charge in [0.15, 0.2) is 0 Å². The average molecular weight is 573 g/mol. The average Bonchev–Trinajstić information content (AvgIpc) is 2.80. The summed E-state index contributed by atoms with van der Waals surface area (Å²) in [4.78, 5) is 23.1. The maximum absolute atomic E-state index is 13.4. The molecule has 0 spiro atoms. The predicted octanol–water partition coefficient (Wildman–Crippen LogP) is 5.16. The van der Waals surface area contributed by atoms with Crippen molar-refractivity contribution in [2.45, 2.75) is 12.5 Å². The van der Waals surface area contributed by atoms with Gasteiger partial charge in [0.2, 0.25) is 15.3 Å². The Hall–Kier alpha value is -2.99. The number of halogens is 3. The Bertz CT molecular complexity index is 1430. The highest BCUT2D eigenvalue weighted by Crippen LogP contribution is 2.50. The molecule has 2 amide bonds. The number of anilines is 3. The van der Waals surface area contributed by atoms with Gasteiger partial charge in [-0.05, 0) is 35.7 Å². The van der Waals surface area contributed by atoms with Gasteiger partial charge in [-0.3, -0.25) is 14.9 Å². The standard InChI is InChI=1S/C22H20Cl3N5O5S/c1-34-15-9-16(35-2)18(24)19(17(15)23)30-14(13-10-26-21(25)27-20(13)28-22(30)31)8-11-5-4-6-12(7-11)29-36(3,32)33/h4-7,9-10,14,29H,8H2,1-3H3,(H,26,27,28,31). The van der Waals surface area contributed by atoms with Gasteiger partial charge in [0, 0.05) is 23.5 Å². The number of urea groups is 1. The first-order valence-corrected chi connectivity index (χ1v) is 13.3. The number of fused-ring (bicyclic) bond motifs is 1. The molecule has 0 saturated heterocycles. The Kier molecular flexibility index (Phi) is 7.37. The van der Waals surface area contributed by atoms with E-state index in [4.69, 9.17) is 44.3 Å². The van der Waals surface area contributed by atoms with Crippen LogP contribution in [0.2, 0.25) is 15.3 Å². The monoisotopic (exact) mass is 571 g/mol. The van der Waals surface area contributed by atoms with Gasteiger partial charge < -0.3 is 9.47 Å². The predicted molar refractivity (Wildman–Crippen MR) is 139 cm³/mol. The molecule has 36 heavy (non-hydrogen) atoms. The number of carbonyl (C=O) groups is 1. The second-order valence-electron chi connectivity index (χ2n) is 7.80. The van der Waals surface area contributed by atoms with E-state index in [0.29, 0.717) is 16.8 Å². The molecule has 0 aliphatic carbocycles. The Labute approximate surface area is 222 Å². The fourth-order valence-electron chi connectivity index (χ4n) is 3.90. The lowest BCUT2D eigenvalue weighted by Gasteiger charge is -2.38. The minimum Gasteiger partial charge on any atom is -0.495 e. The number of hydrogen-bond acceptors (Lipinski definition) is 7. The van der Waals surface area contributed by atoms with Gasteiger partial charge in [-0.15, -0.1) is 0 Å². The third-order valence-corrected chi connectivity index (χ3v) is 6.87. The van der Waals surface area contributed by atoms with Crippen molar-refractivity contribution in [2.24, 2.45) is 0 Å². The molecule has 1 atom stereocenters. The highest BCUT2D eigenvalue weighted by atomic mass is 35.5. The van der Waals surface area contributed by atoms with Crippen molar-refractivity contribution in [3.8, 4) is 11.5 Å². The van der Waals surface area contributed by atoms with E-state index in [9.17, 15) is 13.2 Å². The Balaban J connectivity index is 1.89. The third-order valence-electron chi connectivity index (χ3n) is 5.35. The number of nitrogens with one attached hydrogen (secondary N) is 2. The zero-order chi connectivity index (χ0) is 26.2. The zero-order valence-electron chi connectivity index (χ0n) is 19.2. The van der Waals surface area contributed by atoms with Crippen LogP contribution in [-0.2, 0) is 16.4 Å². The molecule has 3 aromatic rings. The molecule has 2 N–H and O–H groups in total. The van der Waals surface area contributed by atoms with E-state index in [0.717, 1.165) is 6.26 Å². The van der Waals surface area contributed by atoms with E-state index in [2.05, 4.69) is 20.0 Å². The first-order valence-electron chi connectivity index (χ1n) is 10.3. The molecule has 4 rings (SSSR count). The molecular weight excluding hydrogens is 553 g/mol. The van der Waals surface area contributed by atoms with Crippen LogP contribution in [0.5, 0.6) is 11.5 Å². The summed E-state index contributed by atoms with van der Waals surface area (Å²) in [7, 11) is -0.635. The van der Waals surface area contributed by atoms with Crippen LogP contribution in [0.15, 0.2) is 36.5 Å². The van der Waals surface area contributed by atoms with Crippen LogP contribution in [0.4, 0.5) is 22.0 Å². The second-order valence-corrected chi connectivity index (χ2v) is 10.6. The number of aromatic nitrogens is 2. The zero-order valence-corrected chi connectivity index (χ0v) is 22.3. The minimum atomic E-state index is -3.49. The number of rotatable bonds is 7. The highest BCUT2D eigenvalue weighted by Gasteiger charge is 2.38. The van der Waals surface area contributed by atoms with Gasteiger partial charge in [0.1, 0.15) is 27.4 Å². The molecule has 0 bridgehead atoms. The molecule has 2 aromatic carbocycles. The normalized spacial score (nSPS) is 15.2. The number of nitrogens with zero attached hydrogens (tertiary/aromatic N) is 3. The van der Waals surface area contributed by atoms with E-state index in [1.165, 1.54) is 31.4 Å². The summed E-state index contributed by atoms with van der Waals surface area (Å²) in [6.07, 6.45) is 2.78. The lowest BCUT2D eigenvalue weighted by Crippen LogP contribution is -2.44. The molecule has 1 aromatic heterocycles. The first kappa shape index (κ1) is 26.1. The van der Waals surface area contributed by atoms with Crippen molar-refractivity contribution in [1.82, 2.24) is 9.97 Å². The molecule has 14 heteroatoms. The summed E-state index contributed by atoms with van der Waals surface area (Å²) in [6, 6.07) is 7.00. The van der Waals surface area contributed by atoms with Crippen molar-refractivity contribution in [3.05, 3.63) is 63.0 Å². The van der Waals surface area contributed by atoms with Gasteiger partial charge in [-0.2, -0.15) is 4.98 Å². The summed E-state index contributed by atoms with van der Waals surface area (Å²) >= 11 is 19.3. The lowest BCUT2D eigenvalue weighted by atomic mass is 9.96. The van der Waals surface area contributed by atoms with Crippen LogP contribution in [0.25, 0.3) is 0 Å². The largest absolute Gasteiger partial charge is 0.495 e. The molecule has 2 heterocycles. The topological polar surface area (TPSA) is 123 Å². The lowest BCUT2D eigenvalue weighted by molar-refractivity contribution is 0.253. The summed E-state index contributed by atoms with van der Waals surface area (Å²) in [5, 5.41) is 2.84. The van der Waals surface area contributed by atoms with Gasteiger partial charge in [-0.25, -0.2) is 18.2 Å². The van der Waals surface area contributed by atoms with Crippen LogP contribution < -0.4 is 24.4 Å². The molecule has 1 unspecified atom stereocenters. The summed E-state index contributed by atoms with van der Waals surface area (Å²) < 4.78 is 36.6. The van der Waals surface area contributed by atoms with Gasteiger partial charge >= 0.3 is 6.03 Å². The van der Waals surface area contributed by atoms with E-state index in [1.54, 1.807) is 24.3 Å². The minimum absolute atomic E-state index is 0.0419. The van der Waals surface area contributed by atoms with Crippen LogP contribution in [0.1, 0.15) is 17.2 Å². The van der Waals surface area contributed by atoms with E-state index in [1.807, 2.05) is 0 Å². The fourth-order valence-corrected chi connectivity index (χ4v) is 5.27. The van der Waals surface area contributed by atoms with E-state index in [-0.39, 0.29) is 44.8 Å². The van der Waals surface area contributed by atoms with Crippen LogP contribution in [0.3, 0.4) is 0 Å². The van der Waals surface area contributed by atoms with Gasteiger partial charge in [0.05, 0.1) is 32.2 Å². The van der Waals surface area contributed by atoms with E-state index >= 15 is 0 Å². The Morgan fingerprint density at radius 3 is 2.39 bits per heavy atom. The quantitative estimate of drug-likeness (QED) is 0.375. The van der Waals surface area contributed by atoms with Crippen LogP contribution in [0, 0.1) is 0 Å². The molecule has 1 aliphatic heterocycles. The van der Waals surface area contributed by atoms with Gasteiger partial charge in [0.25, 0.3) is 0 Å². The van der Waals surface area contributed by atoms with Crippen molar-refractivity contribution < 1.29 is 22.7 Å². The number of benzene rings is 2. The number of ether oxygens (including phenoxy) is 2. The highest BCUT2D eigenvalue weighted by molar-refractivity contribution is 7.92. The fraction of sp³-hybridized carbons (Fsp3) is 0.227. The van der Waals surface area contributed by atoms with Crippen molar-refractivity contribution in [3.63, 3.8) is 0 Å². The number of amides is 2. The van der Waals surface area contributed by atoms with E-state index < -0.39 is 22.1 Å². The maximum atomic E-state index is 13.4. The first-order chi connectivity index (χ1) is 17.0. The molecule has 0 radical (unpaired) electrons. The SMILES string of the molecule is COc1cc(OC)c(Cl)c(N2C(=O)Nc3nc(Cl)ncc3C2Cc2cccc(NS(C)(=O)=O)c2)c1Cl. The third kappa shape index (κ3) is 5.24. The maximum Gasteiger partial charge on any atom is 0.328 e. The molecule has 0 fully saturated rings. The summed E-state index contributed by atoms with van der Waals surface area (Å²) in [6.45, 7) is 0. The molecule has 10 nitrogen and oxygen atoms in total. The molecule has 1 aliphatic rings. The summed E-state index contributed by atoms with van der Waals surface area (Å²) in [5.41, 5.74) is 1.77. The number of methoxy groups -OCH3 is 2. The van der Waals surface area contributed by atoms with Crippen molar-refractivity contribution in [1.29, 1.82) is 0 Å². The molecular formula is C22H20Cl3N5O5S. The van der Waals surface area contributed by atoms with Crippen LogP contribution >= 0.6 is 34.8 Å². The Morgan fingerprint density at radius 1 is 1.11 bits per heavy atom.